The van der Waals surface area contributed by atoms with E-state index in [1.54, 1.807) is 35.6 Å². The summed E-state index contributed by atoms with van der Waals surface area (Å²) in [5.41, 5.74) is 2.15. The smallest absolute Gasteiger partial charge is 0.260 e. The third kappa shape index (κ3) is 4.43. The van der Waals surface area contributed by atoms with Crippen LogP contribution in [0.2, 0.25) is 0 Å². The third-order valence-electron chi connectivity index (χ3n) is 4.06. The van der Waals surface area contributed by atoms with Crippen LogP contribution in [0.25, 0.3) is 20.7 Å². The quantitative estimate of drug-likeness (QED) is 0.434. The standard InChI is InChI=1S/C21H15N3O2S3/c1-2-13-5-3-6-14(9-13)22-18(25)12-27-11-17-23-20(26)19-15(10-29-21(19)24-17)16-7-4-8-28-16/h1,3-10H,11-12H2,(H,22,25)(H,23,24,26). The molecule has 0 aliphatic heterocycles. The summed E-state index contributed by atoms with van der Waals surface area (Å²) in [4.78, 5) is 33.9. The average Bonchev–Trinajstić information content (AvgIpc) is 3.37. The zero-order valence-electron chi connectivity index (χ0n) is 15.1. The molecule has 0 fully saturated rings. The van der Waals surface area contributed by atoms with E-state index in [4.69, 9.17) is 6.42 Å². The van der Waals surface area contributed by atoms with Gasteiger partial charge >= 0.3 is 0 Å². The second-order valence-corrected chi connectivity index (χ2v) is 8.88. The van der Waals surface area contributed by atoms with E-state index in [0.29, 0.717) is 33.0 Å². The van der Waals surface area contributed by atoms with E-state index in [2.05, 4.69) is 21.2 Å². The summed E-state index contributed by atoms with van der Waals surface area (Å²) < 4.78 is 0. The summed E-state index contributed by atoms with van der Waals surface area (Å²) in [6.45, 7) is 0. The molecular weight excluding hydrogens is 422 g/mol. The molecule has 8 heteroatoms. The topological polar surface area (TPSA) is 74.8 Å². The Morgan fingerprint density at radius 3 is 2.97 bits per heavy atom. The second kappa shape index (κ2) is 8.66. The Kier molecular flexibility index (Phi) is 5.81. The van der Waals surface area contributed by atoms with Gasteiger partial charge in [-0.05, 0) is 29.6 Å². The zero-order chi connectivity index (χ0) is 20.2. The van der Waals surface area contributed by atoms with Crippen LogP contribution in [0.5, 0.6) is 0 Å². The van der Waals surface area contributed by atoms with E-state index >= 15 is 0 Å². The number of thioether (sulfide) groups is 1. The van der Waals surface area contributed by atoms with Crippen molar-refractivity contribution in [2.75, 3.05) is 11.1 Å². The number of hydrogen-bond acceptors (Lipinski definition) is 6. The van der Waals surface area contributed by atoms with Crippen molar-refractivity contribution in [1.82, 2.24) is 9.97 Å². The maximum absolute atomic E-state index is 12.6. The van der Waals surface area contributed by atoms with E-state index in [0.717, 1.165) is 10.4 Å². The molecule has 0 aliphatic rings. The normalized spacial score (nSPS) is 10.7. The molecule has 4 aromatic rings. The maximum atomic E-state index is 12.6. The van der Waals surface area contributed by atoms with Crippen LogP contribution < -0.4 is 10.9 Å². The van der Waals surface area contributed by atoms with Gasteiger partial charge in [-0.1, -0.05) is 18.1 Å². The number of amides is 1. The van der Waals surface area contributed by atoms with Gasteiger partial charge in [-0.15, -0.1) is 40.9 Å². The number of nitrogens with one attached hydrogen (secondary N) is 2. The van der Waals surface area contributed by atoms with E-state index in [1.165, 1.54) is 23.1 Å². The SMILES string of the molecule is C#Cc1cccc(NC(=O)CSCc2nc3scc(-c4cccs4)c3c(=O)[nH]2)c1. The van der Waals surface area contributed by atoms with Gasteiger partial charge in [0, 0.05) is 27.1 Å². The first-order valence-corrected chi connectivity index (χ1v) is 11.5. The van der Waals surface area contributed by atoms with Gasteiger partial charge in [0.15, 0.2) is 0 Å². The largest absolute Gasteiger partial charge is 0.325 e. The van der Waals surface area contributed by atoms with Gasteiger partial charge in [-0.2, -0.15) is 0 Å². The maximum Gasteiger partial charge on any atom is 0.260 e. The Balaban J connectivity index is 1.40. The van der Waals surface area contributed by atoms with Crippen LogP contribution in [0.4, 0.5) is 5.69 Å². The van der Waals surface area contributed by atoms with Gasteiger partial charge in [0.1, 0.15) is 10.7 Å². The highest BCUT2D eigenvalue weighted by Crippen LogP contribution is 2.33. The predicted octanol–water partition coefficient (Wildman–Crippen LogP) is 4.57. The monoisotopic (exact) mass is 437 g/mol. The molecule has 0 saturated heterocycles. The summed E-state index contributed by atoms with van der Waals surface area (Å²) in [6.07, 6.45) is 5.37. The molecule has 2 N–H and O–H groups in total. The van der Waals surface area contributed by atoms with Gasteiger partial charge in [-0.3, -0.25) is 9.59 Å². The van der Waals surface area contributed by atoms with Crippen molar-refractivity contribution < 1.29 is 4.79 Å². The number of benzene rings is 1. The highest BCUT2D eigenvalue weighted by Gasteiger charge is 2.14. The predicted molar refractivity (Wildman–Crippen MR) is 123 cm³/mol. The van der Waals surface area contributed by atoms with Gasteiger partial charge in [0.2, 0.25) is 5.91 Å². The fourth-order valence-corrected chi connectivity index (χ4v) is 5.27. The number of carbonyl (C=O) groups is 1. The van der Waals surface area contributed by atoms with Crippen molar-refractivity contribution in [1.29, 1.82) is 0 Å². The van der Waals surface area contributed by atoms with Crippen LogP contribution in [0.1, 0.15) is 11.4 Å². The molecule has 0 atom stereocenters. The first-order chi connectivity index (χ1) is 14.1. The van der Waals surface area contributed by atoms with Crippen LogP contribution >= 0.6 is 34.4 Å². The number of thiophene rings is 2. The molecule has 0 bridgehead atoms. The summed E-state index contributed by atoms with van der Waals surface area (Å²) in [6, 6.07) is 11.1. The Labute approximate surface area is 179 Å². The number of aromatic nitrogens is 2. The summed E-state index contributed by atoms with van der Waals surface area (Å²) in [7, 11) is 0. The molecule has 0 aliphatic carbocycles. The minimum atomic E-state index is -0.147. The number of H-pyrrole nitrogens is 1. The third-order valence-corrected chi connectivity index (χ3v) is 6.78. The molecule has 3 heterocycles. The lowest BCUT2D eigenvalue weighted by Crippen LogP contribution is -2.15. The number of aromatic amines is 1. The van der Waals surface area contributed by atoms with Crippen molar-refractivity contribution in [3.63, 3.8) is 0 Å². The van der Waals surface area contributed by atoms with Crippen molar-refractivity contribution in [3.05, 3.63) is 68.9 Å². The van der Waals surface area contributed by atoms with Crippen LogP contribution in [0.3, 0.4) is 0 Å². The lowest BCUT2D eigenvalue weighted by atomic mass is 10.2. The Hall–Kier alpha value is -2.86. The fraction of sp³-hybridized carbons (Fsp3) is 0.0952. The average molecular weight is 438 g/mol. The molecule has 3 aromatic heterocycles. The van der Waals surface area contributed by atoms with Crippen LogP contribution in [-0.4, -0.2) is 21.6 Å². The number of carbonyl (C=O) groups excluding carboxylic acids is 1. The van der Waals surface area contributed by atoms with Gasteiger partial charge in [-0.25, -0.2) is 4.98 Å². The Morgan fingerprint density at radius 1 is 1.28 bits per heavy atom. The second-order valence-electron chi connectivity index (χ2n) is 6.09. The summed E-state index contributed by atoms with van der Waals surface area (Å²) >= 11 is 4.44. The molecule has 4 rings (SSSR count). The number of terminal acetylenes is 1. The zero-order valence-corrected chi connectivity index (χ0v) is 17.5. The van der Waals surface area contributed by atoms with Gasteiger partial charge in [0.05, 0.1) is 16.9 Å². The molecule has 29 heavy (non-hydrogen) atoms. The number of rotatable bonds is 6. The molecule has 0 spiro atoms. The first-order valence-electron chi connectivity index (χ1n) is 8.62. The van der Waals surface area contributed by atoms with Crippen molar-refractivity contribution in [2.45, 2.75) is 5.75 Å². The molecule has 1 aromatic carbocycles. The first kappa shape index (κ1) is 19.5. The lowest BCUT2D eigenvalue weighted by Gasteiger charge is -2.06. The minimum absolute atomic E-state index is 0.135. The van der Waals surface area contributed by atoms with Crippen LogP contribution in [0.15, 0.2) is 52.0 Å². The van der Waals surface area contributed by atoms with Gasteiger partial charge in [0.25, 0.3) is 5.56 Å². The van der Waals surface area contributed by atoms with E-state index < -0.39 is 0 Å². The van der Waals surface area contributed by atoms with Crippen molar-refractivity contribution in [2.24, 2.45) is 0 Å². The number of fused-ring (bicyclic) bond motifs is 1. The highest BCUT2D eigenvalue weighted by atomic mass is 32.2. The highest BCUT2D eigenvalue weighted by molar-refractivity contribution is 7.99. The van der Waals surface area contributed by atoms with E-state index in [1.807, 2.05) is 22.9 Å². The number of anilines is 1. The molecular formula is C21H15N3O2S3. The number of hydrogen-bond donors (Lipinski definition) is 2. The Bertz CT molecular complexity index is 1270. The lowest BCUT2D eigenvalue weighted by molar-refractivity contribution is -0.113. The molecule has 144 valence electrons. The molecule has 0 saturated carbocycles. The van der Waals surface area contributed by atoms with Crippen LogP contribution in [-0.2, 0) is 10.5 Å². The molecule has 0 unspecified atom stereocenters. The van der Waals surface area contributed by atoms with Crippen molar-refractivity contribution in [3.8, 4) is 22.8 Å². The fourth-order valence-electron chi connectivity index (χ4n) is 2.80. The van der Waals surface area contributed by atoms with Crippen molar-refractivity contribution >= 4 is 56.2 Å². The Morgan fingerprint density at radius 2 is 2.17 bits per heavy atom. The van der Waals surface area contributed by atoms with Crippen LogP contribution in [0, 0.1) is 12.3 Å². The molecule has 1 amide bonds. The van der Waals surface area contributed by atoms with E-state index in [-0.39, 0.29) is 17.2 Å². The van der Waals surface area contributed by atoms with Gasteiger partial charge < -0.3 is 10.3 Å². The summed E-state index contributed by atoms with van der Waals surface area (Å²) in [5, 5.41) is 7.39. The molecule has 5 nitrogen and oxygen atoms in total. The minimum Gasteiger partial charge on any atom is -0.325 e. The summed E-state index contributed by atoms with van der Waals surface area (Å²) in [5.74, 6) is 3.65. The number of nitrogens with zero attached hydrogens (tertiary/aromatic N) is 1. The van der Waals surface area contributed by atoms with E-state index in [9.17, 15) is 9.59 Å². The molecule has 0 radical (unpaired) electrons.